The molecule has 1 N–H and O–H groups in total. The Morgan fingerprint density at radius 1 is 1.15 bits per heavy atom. The standard InChI is InChI=1S/C25H33N3O4S/c1-18-9-10-23-22(12-18)28(33(3,30)31)17-24(32-23)25(29)26-14-20-7-4-8-21(13-20)16-27-11-5-6-19(2)15-27/h4,7-10,12-13,19,24H,5-6,11,14-17H2,1-3H3,(H,26,29). The summed E-state index contributed by atoms with van der Waals surface area (Å²) in [4.78, 5) is 15.4. The number of ether oxygens (including phenoxy) is 1. The third kappa shape index (κ3) is 5.86. The Bertz CT molecular complexity index is 1120. The maximum atomic E-state index is 12.9. The number of aryl methyl sites for hydroxylation is 1. The van der Waals surface area contributed by atoms with Crippen molar-refractivity contribution in [3.8, 4) is 5.75 Å². The quantitative estimate of drug-likeness (QED) is 0.701. The van der Waals surface area contributed by atoms with Crippen molar-refractivity contribution < 1.29 is 17.9 Å². The van der Waals surface area contributed by atoms with Gasteiger partial charge >= 0.3 is 0 Å². The van der Waals surface area contributed by atoms with E-state index >= 15 is 0 Å². The fourth-order valence-corrected chi connectivity index (χ4v) is 5.55. The molecule has 178 valence electrons. The average molecular weight is 472 g/mol. The van der Waals surface area contributed by atoms with E-state index in [0.29, 0.717) is 18.0 Å². The summed E-state index contributed by atoms with van der Waals surface area (Å²) in [5, 5.41) is 2.92. The van der Waals surface area contributed by atoms with Crippen LogP contribution in [0.5, 0.6) is 5.75 Å². The van der Waals surface area contributed by atoms with E-state index in [-0.39, 0.29) is 12.5 Å². The Morgan fingerprint density at radius 2 is 1.94 bits per heavy atom. The van der Waals surface area contributed by atoms with Crippen molar-refractivity contribution in [2.75, 3.05) is 30.2 Å². The molecular weight excluding hydrogens is 438 g/mol. The number of piperidine rings is 1. The summed E-state index contributed by atoms with van der Waals surface area (Å²) in [6, 6.07) is 13.6. The average Bonchev–Trinajstić information content (AvgIpc) is 2.76. The van der Waals surface area contributed by atoms with Gasteiger partial charge in [-0.15, -0.1) is 0 Å². The van der Waals surface area contributed by atoms with Gasteiger partial charge in [0.15, 0.2) is 6.10 Å². The van der Waals surface area contributed by atoms with Gasteiger partial charge in [0, 0.05) is 19.6 Å². The fourth-order valence-electron chi connectivity index (χ4n) is 4.64. The maximum Gasteiger partial charge on any atom is 0.263 e. The Kier molecular flexibility index (Phi) is 6.95. The molecule has 0 saturated carbocycles. The van der Waals surface area contributed by atoms with Crippen molar-refractivity contribution >= 4 is 21.6 Å². The molecule has 33 heavy (non-hydrogen) atoms. The first-order valence-electron chi connectivity index (χ1n) is 11.5. The molecule has 0 aromatic heterocycles. The predicted molar refractivity (Wildman–Crippen MR) is 130 cm³/mol. The number of carbonyl (C=O) groups excluding carboxylic acids is 1. The van der Waals surface area contributed by atoms with Crippen LogP contribution in [-0.4, -0.2) is 51.2 Å². The summed E-state index contributed by atoms with van der Waals surface area (Å²) in [6.07, 6.45) is 2.78. The molecule has 1 fully saturated rings. The van der Waals surface area contributed by atoms with Crippen LogP contribution in [-0.2, 0) is 27.9 Å². The van der Waals surface area contributed by atoms with Crippen LogP contribution < -0.4 is 14.4 Å². The van der Waals surface area contributed by atoms with Gasteiger partial charge in [0.2, 0.25) is 10.0 Å². The van der Waals surface area contributed by atoms with Crippen molar-refractivity contribution in [1.82, 2.24) is 10.2 Å². The molecule has 2 aliphatic rings. The second kappa shape index (κ2) is 9.73. The lowest BCUT2D eigenvalue weighted by molar-refractivity contribution is -0.127. The van der Waals surface area contributed by atoms with E-state index in [1.165, 1.54) is 22.7 Å². The molecule has 2 aromatic carbocycles. The second-order valence-corrected chi connectivity index (χ2v) is 11.3. The van der Waals surface area contributed by atoms with Crippen molar-refractivity contribution in [2.45, 2.75) is 45.9 Å². The molecule has 0 spiro atoms. The van der Waals surface area contributed by atoms with Gasteiger partial charge in [-0.3, -0.25) is 14.0 Å². The summed E-state index contributed by atoms with van der Waals surface area (Å²) in [5.41, 5.74) is 3.64. The molecule has 2 heterocycles. The molecule has 7 nitrogen and oxygen atoms in total. The third-order valence-electron chi connectivity index (χ3n) is 6.28. The van der Waals surface area contributed by atoms with Crippen LogP contribution in [0.15, 0.2) is 42.5 Å². The van der Waals surface area contributed by atoms with Crippen LogP contribution in [0.25, 0.3) is 0 Å². The van der Waals surface area contributed by atoms with Gasteiger partial charge in [-0.25, -0.2) is 8.42 Å². The monoisotopic (exact) mass is 471 g/mol. The first-order valence-corrected chi connectivity index (χ1v) is 13.4. The lowest BCUT2D eigenvalue weighted by atomic mass is 9.99. The number of carbonyl (C=O) groups is 1. The molecule has 2 aromatic rings. The lowest BCUT2D eigenvalue weighted by Gasteiger charge is -2.34. The van der Waals surface area contributed by atoms with Gasteiger partial charge in [-0.05, 0) is 61.1 Å². The highest BCUT2D eigenvalue weighted by Gasteiger charge is 2.35. The summed E-state index contributed by atoms with van der Waals surface area (Å²) in [7, 11) is -3.54. The van der Waals surface area contributed by atoms with Crippen molar-refractivity contribution in [3.63, 3.8) is 0 Å². The van der Waals surface area contributed by atoms with E-state index in [9.17, 15) is 13.2 Å². The zero-order valence-corrected chi connectivity index (χ0v) is 20.4. The van der Waals surface area contributed by atoms with Gasteiger partial charge in [0.1, 0.15) is 5.75 Å². The van der Waals surface area contributed by atoms with Crippen molar-refractivity contribution in [2.24, 2.45) is 5.92 Å². The zero-order chi connectivity index (χ0) is 23.6. The number of rotatable bonds is 6. The van der Waals surface area contributed by atoms with Crippen LogP contribution >= 0.6 is 0 Å². The zero-order valence-electron chi connectivity index (χ0n) is 19.6. The molecule has 0 radical (unpaired) electrons. The number of nitrogens with one attached hydrogen (secondary N) is 1. The van der Waals surface area contributed by atoms with Gasteiger partial charge in [0.25, 0.3) is 5.91 Å². The summed E-state index contributed by atoms with van der Waals surface area (Å²) >= 11 is 0. The first-order chi connectivity index (χ1) is 15.7. The van der Waals surface area contributed by atoms with Crippen LogP contribution in [0.1, 0.15) is 36.5 Å². The number of nitrogens with zero attached hydrogens (tertiary/aromatic N) is 2. The topological polar surface area (TPSA) is 79.0 Å². The number of sulfonamides is 1. The Labute approximate surface area is 196 Å². The first kappa shape index (κ1) is 23.6. The molecule has 0 bridgehead atoms. The van der Waals surface area contributed by atoms with E-state index in [4.69, 9.17) is 4.74 Å². The van der Waals surface area contributed by atoms with E-state index < -0.39 is 16.1 Å². The molecule has 1 saturated heterocycles. The highest BCUT2D eigenvalue weighted by Crippen LogP contribution is 2.35. The third-order valence-corrected chi connectivity index (χ3v) is 7.43. The van der Waals surface area contributed by atoms with Crippen LogP contribution in [0.4, 0.5) is 5.69 Å². The van der Waals surface area contributed by atoms with E-state index in [2.05, 4.69) is 29.3 Å². The minimum Gasteiger partial charge on any atom is -0.476 e. The van der Waals surface area contributed by atoms with Crippen LogP contribution in [0.3, 0.4) is 0 Å². The molecule has 4 rings (SSSR count). The number of hydrogen-bond acceptors (Lipinski definition) is 5. The molecule has 1 amide bonds. The summed E-state index contributed by atoms with van der Waals surface area (Å²) in [5.74, 6) is 0.803. The number of amides is 1. The Balaban J connectivity index is 1.40. The largest absolute Gasteiger partial charge is 0.476 e. The summed E-state index contributed by atoms with van der Waals surface area (Å²) < 4.78 is 31.9. The normalized spacial score (nSPS) is 21.2. The minimum absolute atomic E-state index is 0.0473. The number of likely N-dealkylation sites (tertiary alicyclic amines) is 1. The molecule has 2 atom stereocenters. The number of hydrogen-bond donors (Lipinski definition) is 1. The van der Waals surface area contributed by atoms with Gasteiger partial charge in [0.05, 0.1) is 18.5 Å². The van der Waals surface area contributed by atoms with Gasteiger partial charge in [-0.2, -0.15) is 0 Å². The number of fused-ring (bicyclic) bond motifs is 1. The molecule has 8 heteroatoms. The van der Waals surface area contributed by atoms with Gasteiger partial charge < -0.3 is 10.1 Å². The lowest BCUT2D eigenvalue weighted by Crippen LogP contribution is -2.50. The van der Waals surface area contributed by atoms with Crippen molar-refractivity contribution in [1.29, 1.82) is 0 Å². The minimum atomic E-state index is -3.54. The van der Waals surface area contributed by atoms with E-state index in [1.54, 1.807) is 12.1 Å². The van der Waals surface area contributed by atoms with Crippen molar-refractivity contribution in [3.05, 3.63) is 59.2 Å². The smallest absolute Gasteiger partial charge is 0.263 e. The molecular formula is C25H33N3O4S. The molecule has 2 unspecified atom stereocenters. The summed E-state index contributed by atoms with van der Waals surface area (Å²) in [6.45, 7) is 7.67. The highest BCUT2D eigenvalue weighted by atomic mass is 32.2. The molecule has 2 aliphatic heterocycles. The second-order valence-electron chi connectivity index (χ2n) is 9.39. The fraction of sp³-hybridized carbons (Fsp3) is 0.480. The number of anilines is 1. The maximum absolute atomic E-state index is 12.9. The Hall–Kier alpha value is -2.58. The van der Waals surface area contributed by atoms with Crippen LogP contribution in [0.2, 0.25) is 0 Å². The SMILES string of the molecule is Cc1ccc2c(c1)N(S(C)(=O)=O)CC(C(=O)NCc1cccc(CN3CCCC(C)C3)c1)O2. The number of benzene rings is 2. The van der Waals surface area contributed by atoms with Crippen LogP contribution in [0, 0.1) is 12.8 Å². The van der Waals surface area contributed by atoms with E-state index in [1.807, 2.05) is 25.1 Å². The predicted octanol–water partition coefficient (Wildman–Crippen LogP) is 3.07. The van der Waals surface area contributed by atoms with Gasteiger partial charge in [-0.1, -0.05) is 37.3 Å². The van der Waals surface area contributed by atoms with E-state index in [0.717, 1.165) is 42.9 Å². The molecule has 0 aliphatic carbocycles. The Morgan fingerprint density at radius 3 is 2.70 bits per heavy atom. The highest BCUT2D eigenvalue weighted by molar-refractivity contribution is 7.92.